The number of hydrogen-bond donors (Lipinski definition) is 1. The number of rotatable bonds is 3. The Labute approximate surface area is 99.4 Å². The normalized spacial score (nSPS) is 34.3. The molecule has 2 heterocycles. The van der Waals surface area contributed by atoms with Crippen LogP contribution in [0.2, 0.25) is 0 Å². The summed E-state index contributed by atoms with van der Waals surface area (Å²) in [5.74, 6) is 2.04. The van der Waals surface area contributed by atoms with Crippen LogP contribution in [0.25, 0.3) is 0 Å². The molecule has 0 aromatic carbocycles. The smallest absolute Gasteiger partial charge is 0.0689 e. The summed E-state index contributed by atoms with van der Waals surface area (Å²) in [5.41, 5.74) is 0. The molecule has 3 nitrogen and oxygen atoms in total. The van der Waals surface area contributed by atoms with E-state index in [2.05, 4.69) is 30.7 Å². The fraction of sp³-hybridized carbons (Fsp3) is 1.00. The molecule has 2 bridgehead atoms. The van der Waals surface area contributed by atoms with Crippen LogP contribution in [0.5, 0.6) is 0 Å². The summed E-state index contributed by atoms with van der Waals surface area (Å²) in [6.07, 6.45) is 1.25. The minimum atomic E-state index is -0.156. The van der Waals surface area contributed by atoms with Gasteiger partial charge in [0.1, 0.15) is 0 Å². The third-order valence-corrected chi connectivity index (χ3v) is 4.05. The second-order valence-corrected chi connectivity index (χ2v) is 6.22. The van der Waals surface area contributed by atoms with Gasteiger partial charge < -0.3 is 14.9 Å². The largest absolute Gasteiger partial charge is 0.392 e. The maximum absolute atomic E-state index is 9.94. The Bertz CT molecular complexity index is 214. The molecule has 2 fully saturated rings. The third kappa shape index (κ3) is 2.96. The average molecular weight is 226 g/mol. The fourth-order valence-corrected chi connectivity index (χ4v) is 3.27. The molecule has 2 saturated heterocycles. The van der Waals surface area contributed by atoms with Gasteiger partial charge in [-0.25, -0.2) is 0 Å². The Morgan fingerprint density at radius 1 is 1.12 bits per heavy atom. The average Bonchev–Trinajstić information content (AvgIpc) is 2.15. The van der Waals surface area contributed by atoms with Gasteiger partial charge in [0.25, 0.3) is 0 Å². The number of fused-ring (bicyclic) bond motifs is 2. The van der Waals surface area contributed by atoms with Crippen LogP contribution in [0.4, 0.5) is 0 Å². The molecule has 3 atom stereocenters. The summed E-state index contributed by atoms with van der Waals surface area (Å²) in [7, 11) is 2.23. The molecule has 0 aliphatic carbocycles. The SMILES string of the molecule is CC(C)[C@@H](O)CN1C[C@@H]2C[C@@H](CN(C)C2)C1. The lowest BCUT2D eigenvalue weighted by atomic mass is 9.84. The summed E-state index contributed by atoms with van der Waals surface area (Å²) < 4.78 is 0. The minimum absolute atomic E-state index is 0.156. The van der Waals surface area contributed by atoms with Crippen molar-refractivity contribution >= 4 is 0 Å². The Balaban J connectivity index is 1.85. The maximum atomic E-state index is 9.94. The maximum Gasteiger partial charge on any atom is 0.0689 e. The summed E-state index contributed by atoms with van der Waals surface area (Å²) in [6, 6.07) is 0. The number of aliphatic hydroxyl groups is 1. The highest BCUT2D eigenvalue weighted by atomic mass is 16.3. The van der Waals surface area contributed by atoms with Crippen LogP contribution in [0.15, 0.2) is 0 Å². The molecule has 94 valence electrons. The highest BCUT2D eigenvalue weighted by Crippen LogP contribution is 2.28. The summed E-state index contributed by atoms with van der Waals surface area (Å²) in [4.78, 5) is 4.95. The van der Waals surface area contributed by atoms with Crippen LogP contribution in [0.3, 0.4) is 0 Å². The van der Waals surface area contributed by atoms with Gasteiger partial charge in [-0.15, -0.1) is 0 Å². The van der Waals surface area contributed by atoms with E-state index in [1.54, 1.807) is 0 Å². The van der Waals surface area contributed by atoms with E-state index in [9.17, 15) is 5.11 Å². The number of hydrogen-bond acceptors (Lipinski definition) is 3. The molecule has 3 heteroatoms. The molecule has 16 heavy (non-hydrogen) atoms. The van der Waals surface area contributed by atoms with E-state index in [-0.39, 0.29) is 6.10 Å². The van der Waals surface area contributed by atoms with Crippen LogP contribution in [-0.2, 0) is 0 Å². The number of likely N-dealkylation sites (tertiary alicyclic amines) is 2. The molecular weight excluding hydrogens is 200 g/mol. The predicted molar refractivity (Wildman–Crippen MR) is 66.4 cm³/mol. The zero-order valence-corrected chi connectivity index (χ0v) is 10.9. The lowest BCUT2D eigenvalue weighted by molar-refractivity contribution is 0.00679. The van der Waals surface area contributed by atoms with Crippen LogP contribution >= 0.6 is 0 Å². The van der Waals surface area contributed by atoms with Gasteiger partial charge in [0.2, 0.25) is 0 Å². The Hall–Kier alpha value is -0.120. The van der Waals surface area contributed by atoms with Crippen molar-refractivity contribution in [2.24, 2.45) is 17.8 Å². The third-order valence-electron chi connectivity index (χ3n) is 4.05. The standard InChI is InChI=1S/C13H26N2O/c1-10(2)13(16)9-15-7-11-4-12(8-15)6-14(3)5-11/h10-13,16H,4-9H2,1-3H3/t11-,12+,13-/m0/s1. The van der Waals surface area contributed by atoms with Gasteiger partial charge in [-0.3, -0.25) is 0 Å². The van der Waals surface area contributed by atoms with Gasteiger partial charge in [-0.2, -0.15) is 0 Å². The minimum Gasteiger partial charge on any atom is -0.392 e. The van der Waals surface area contributed by atoms with E-state index in [0.717, 1.165) is 18.4 Å². The first-order chi connectivity index (χ1) is 7.54. The fourth-order valence-electron chi connectivity index (χ4n) is 3.27. The van der Waals surface area contributed by atoms with Gasteiger partial charge in [0.15, 0.2) is 0 Å². The summed E-state index contributed by atoms with van der Waals surface area (Å²) >= 11 is 0. The van der Waals surface area contributed by atoms with E-state index in [4.69, 9.17) is 0 Å². The van der Waals surface area contributed by atoms with Crippen molar-refractivity contribution < 1.29 is 5.11 Å². The lowest BCUT2D eigenvalue weighted by Gasteiger charge is -2.45. The van der Waals surface area contributed by atoms with Gasteiger partial charge in [0, 0.05) is 32.7 Å². The number of β-amino-alcohol motifs (C(OH)–C–C–N with tert-alkyl or cyclic N) is 1. The molecule has 0 amide bonds. The second-order valence-electron chi connectivity index (χ2n) is 6.22. The van der Waals surface area contributed by atoms with Crippen LogP contribution in [0, 0.1) is 17.8 Å². The summed E-state index contributed by atoms with van der Waals surface area (Å²) in [5, 5.41) is 9.94. The molecule has 0 aromatic rings. The van der Waals surface area contributed by atoms with E-state index in [1.165, 1.54) is 32.6 Å². The zero-order chi connectivity index (χ0) is 11.7. The van der Waals surface area contributed by atoms with Crippen molar-refractivity contribution in [3.8, 4) is 0 Å². The Morgan fingerprint density at radius 2 is 1.69 bits per heavy atom. The first-order valence-corrected chi connectivity index (χ1v) is 6.63. The van der Waals surface area contributed by atoms with E-state index in [0.29, 0.717) is 5.92 Å². The van der Waals surface area contributed by atoms with E-state index < -0.39 is 0 Å². The molecule has 1 N–H and O–H groups in total. The molecule has 2 aliphatic heterocycles. The lowest BCUT2D eigenvalue weighted by Crippen LogP contribution is -2.53. The molecule has 2 rings (SSSR count). The van der Waals surface area contributed by atoms with Gasteiger partial charge >= 0.3 is 0 Å². The van der Waals surface area contributed by atoms with Gasteiger partial charge in [-0.05, 0) is 31.2 Å². The molecule has 0 radical (unpaired) electrons. The molecule has 0 saturated carbocycles. The summed E-state index contributed by atoms with van der Waals surface area (Å²) in [6.45, 7) is 9.92. The molecule has 2 aliphatic rings. The number of aliphatic hydroxyl groups excluding tert-OH is 1. The van der Waals surface area contributed by atoms with Gasteiger partial charge in [0.05, 0.1) is 6.10 Å². The Morgan fingerprint density at radius 3 is 2.19 bits per heavy atom. The number of nitrogens with zero attached hydrogens (tertiary/aromatic N) is 2. The Kier molecular flexibility index (Phi) is 3.88. The quantitative estimate of drug-likeness (QED) is 0.774. The molecular formula is C13H26N2O. The van der Waals surface area contributed by atoms with Crippen molar-refractivity contribution in [2.75, 3.05) is 39.8 Å². The second kappa shape index (κ2) is 5.03. The highest BCUT2D eigenvalue weighted by Gasteiger charge is 2.33. The van der Waals surface area contributed by atoms with Crippen molar-refractivity contribution in [1.82, 2.24) is 9.80 Å². The highest BCUT2D eigenvalue weighted by molar-refractivity contribution is 4.87. The van der Waals surface area contributed by atoms with Crippen molar-refractivity contribution in [3.63, 3.8) is 0 Å². The van der Waals surface area contributed by atoms with Crippen LogP contribution in [-0.4, -0.2) is 60.8 Å². The molecule has 0 spiro atoms. The predicted octanol–water partition coefficient (Wildman–Crippen LogP) is 0.887. The van der Waals surface area contributed by atoms with E-state index >= 15 is 0 Å². The molecule has 0 unspecified atom stereocenters. The zero-order valence-electron chi connectivity index (χ0n) is 10.9. The van der Waals surface area contributed by atoms with Crippen molar-refractivity contribution in [2.45, 2.75) is 26.4 Å². The van der Waals surface area contributed by atoms with Crippen LogP contribution in [0.1, 0.15) is 20.3 Å². The first-order valence-electron chi connectivity index (χ1n) is 6.63. The molecule has 0 aromatic heterocycles. The van der Waals surface area contributed by atoms with E-state index in [1.807, 2.05) is 0 Å². The monoisotopic (exact) mass is 226 g/mol. The topological polar surface area (TPSA) is 26.7 Å². The first kappa shape index (κ1) is 12.3. The number of piperidine rings is 2. The van der Waals surface area contributed by atoms with Gasteiger partial charge in [-0.1, -0.05) is 13.8 Å². The van der Waals surface area contributed by atoms with Crippen LogP contribution < -0.4 is 0 Å². The van der Waals surface area contributed by atoms with Crippen molar-refractivity contribution in [3.05, 3.63) is 0 Å². The van der Waals surface area contributed by atoms with Crippen molar-refractivity contribution in [1.29, 1.82) is 0 Å².